The second-order valence-corrected chi connectivity index (χ2v) is 6.71. The van der Waals surface area contributed by atoms with Gasteiger partial charge in [-0.3, -0.25) is 0 Å². The zero-order chi connectivity index (χ0) is 14.8. The molecule has 112 valence electrons. The molecule has 1 aliphatic carbocycles. The van der Waals surface area contributed by atoms with Crippen molar-refractivity contribution < 1.29 is 22.3 Å². The smallest absolute Gasteiger partial charge is 0.243 e. The van der Waals surface area contributed by atoms with Gasteiger partial charge in [0.05, 0.1) is 12.2 Å². The Labute approximate surface area is 116 Å². The molecule has 0 radical (unpaired) electrons. The molecule has 0 aromatic heterocycles. The Morgan fingerprint density at radius 1 is 1.30 bits per heavy atom. The van der Waals surface area contributed by atoms with Crippen LogP contribution in [0, 0.1) is 17.6 Å². The Balaban J connectivity index is 2.07. The van der Waals surface area contributed by atoms with Gasteiger partial charge in [-0.05, 0) is 30.9 Å². The van der Waals surface area contributed by atoms with Gasteiger partial charge in [-0.25, -0.2) is 21.9 Å². The monoisotopic (exact) mass is 305 g/mol. The first-order valence-electron chi connectivity index (χ1n) is 6.53. The second kappa shape index (κ2) is 6.15. The molecule has 0 atom stereocenters. The van der Waals surface area contributed by atoms with Gasteiger partial charge in [-0.1, -0.05) is 12.8 Å². The van der Waals surface area contributed by atoms with E-state index >= 15 is 0 Å². The molecule has 0 heterocycles. The van der Waals surface area contributed by atoms with Crippen molar-refractivity contribution in [3.63, 3.8) is 0 Å². The van der Waals surface area contributed by atoms with Gasteiger partial charge in [0, 0.05) is 6.54 Å². The predicted octanol–water partition coefficient (Wildman–Crippen LogP) is 1.93. The number of benzene rings is 1. The van der Waals surface area contributed by atoms with Crippen molar-refractivity contribution in [1.82, 2.24) is 4.72 Å². The van der Waals surface area contributed by atoms with Crippen LogP contribution in [-0.4, -0.2) is 20.1 Å². The van der Waals surface area contributed by atoms with Crippen molar-refractivity contribution in [2.75, 3.05) is 6.54 Å². The van der Waals surface area contributed by atoms with E-state index in [2.05, 4.69) is 4.72 Å². The highest BCUT2D eigenvalue weighted by Crippen LogP contribution is 2.33. The average Bonchev–Trinajstić information content (AvgIpc) is 3.19. The number of halogens is 2. The summed E-state index contributed by atoms with van der Waals surface area (Å²) in [5, 5.41) is 8.88. The molecule has 7 heteroatoms. The topological polar surface area (TPSA) is 66.4 Å². The third-order valence-electron chi connectivity index (χ3n) is 3.38. The maximum Gasteiger partial charge on any atom is 0.243 e. The van der Waals surface area contributed by atoms with Gasteiger partial charge in [-0.15, -0.1) is 0 Å². The zero-order valence-electron chi connectivity index (χ0n) is 10.9. The molecule has 20 heavy (non-hydrogen) atoms. The average molecular weight is 305 g/mol. The number of hydrogen-bond acceptors (Lipinski definition) is 3. The van der Waals surface area contributed by atoms with Crippen molar-refractivity contribution >= 4 is 10.0 Å². The summed E-state index contributed by atoms with van der Waals surface area (Å²) in [6.45, 7) is -0.660. The maximum absolute atomic E-state index is 13.9. The summed E-state index contributed by atoms with van der Waals surface area (Å²) in [7, 11) is -4.02. The van der Waals surface area contributed by atoms with Gasteiger partial charge in [-0.2, -0.15) is 0 Å². The molecule has 0 unspecified atom stereocenters. The third kappa shape index (κ3) is 3.53. The molecule has 2 rings (SSSR count). The molecule has 0 saturated heterocycles. The van der Waals surface area contributed by atoms with Crippen LogP contribution in [0.1, 0.15) is 31.2 Å². The fourth-order valence-corrected chi connectivity index (χ4v) is 3.19. The van der Waals surface area contributed by atoms with Crippen LogP contribution in [0.25, 0.3) is 0 Å². The highest BCUT2D eigenvalue weighted by Gasteiger charge is 2.24. The first-order valence-corrected chi connectivity index (χ1v) is 8.01. The summed E-state index contributed by atoms with van der Waals surface area (Å²) in [5.41, 5.74) is -0.633. The third-order valence-corrected chi connectivity index (χ3v) is 4.85. The Morgan fingerprint density at radius 3 is 2.60 bits per heavy atom. The van der Waals surface area contributed by atoms with Gasteiger partial charge in [0.2, 0.25) is 10.0 Å². The summed E-state index contributed by atoms with van der Waals surface area (Å²) >= 11 is 0. The molecule has 0 aliphatic heterocycles. The van der Waals surface area contributed by atoms with E-state index in [1.807, 2.05) is 0 Å². The van der Waals surface area contributed by atoms with Crippen LogP contribution < -0.4 is 4.72 Å². The molecule has 1 aliphatic rings. The Morgan fingerprint density at radius 2 is 2.00 bits per heavy atom. The minimum Gasteiger partial charge on any atom is -0.391 e. The largest absolute Gasteiger partial charge is 0.391 e. The summed E-state index contributed by atoms with van der Waals surface area (Å²) in [5.74, 6) is -1.50. The van der Waals surface area contributed by atoms with Crippen LogP contribution in [-0.2, 0) is 16.6 Å². The number of aliphatic hydroxyl groups excluding tert-OH is 1. The van der Waals surface area contributed by atoms with Crippen molar-refractivity contribution in [2.45, 2.75) is 37.2 Å². The van der Waals surface area contributed by atoms with Crippen LogP contribution in [0.15, 0.2) is 17.0 Å². The predicted molar refractivity (Wildman–Crippen MR) is 69.4 cm³/mol. The van der Waals surface area contributed by atoms with Gasteiger partial charge in [0.1, 0.15) is 10.7 Å². The van der Waals surface area contributed by atoms with E-state index in [-0.39, 0.29) is 6.54 Å². The standard InChI is InChI=1S/C13H17F2NO3S/c14-11-5-6-12(13(15)10(11)8-17)20(18,19)16-7-1-2-9-3-4-9/h5-6,9,16-17H,1-4,7-8H2. The summed E-state index contributed by atoms with van der Waals surface area (Å²) in [6.07, 6.45) is 4.04. The minimum absolute atomic E-state index is 0.226. The van der Waals surface area contributed by atoms with E-state index in [4.69, 9.17) is 5.11 Å². The molecule has 0 spiro atoms. The lowest BCUT2D eigenvalue weighted by Gasteiger charge is -2.10. The lowest BCUT2D eigenvalue weighted by Crippen LogP contribution is -2.26. The molecule has 4 nitrogen and oxygen atoms in total. The van der Waals surface area contributed by atoms with Gasteiger partial charge >= 0.3 is 0 Å². The van der Waals surface area contributed by atoms with E-state index in [0.717, 1.165) is 18.6 Å². The van der Waals surface area contributed by atoms with Crippen LogP contribution in [0.2, 0.25) is 0 Å². The summed E-state index contributed by atoms with van der Waals surface area (Å²) < 4.78 is 53.2. The molecular weight excluding hydrogens is 288 g/mol. The highest BCUT2D eigenvalue weighted by molar-refractivity contribution is 7.89. The molecule has 0 bridgehead atoms. The Hall–Kier alpha value is -1.05. The van der Waals surface area contributed by atoms with Crippen molar-refractivity contribution in [3.05, 3.63) is 29.3 Å². The van der Waals surface area contributed by atoms with E-state index in [1.165, 1.54) is 12.8 Å². The van der Waals surface area contributed by atoms with E-state index in [1.54, 1.807) is 0 Å². The first kappa shape index (κ1) is 15.3. The lowest BCUT2D eigenvalue weighted by molar-refractivity contribution is 0.267. The van der Waals surface area contributed by atoms with E-state index in [9.17, 15) is 17.2 Å². The molecule has 0 amide bonds. The minimum atomic E-state index is -4.02. The van der Waals surface area contributed by atoms with E-state index in [0.29, 0.717) is 12.3 Å². The molecule has 2 N–H and O–H groups in total. The highest BCUT2D eigenvalue weighted by atomic mass is 32.2. The molecule has 1 saturated carbocycles. The van der Waals surface area contributed by atoms with Crippen molar-refractivity contribution in [2.24, 2.45) is 5.92 Å². The SMILES string of the molecule is O=S(=O)(NCCCC1CC1)c1ccc(F)c(CO)c1F. The lowest BCUT2D eigenvalue weighted by atomic mass is 10.2. The zero-order valence-corrected chi connectivity index (χ0v) is 11.7. The first-order chi connectivity index (χ1) is 9.45. The van der Waals surface area contributed by atoms with Gasteiger partial charge in [0.25, 0.3) is 0 Å². The summed E-state index contributed by atoms with van der Waals surface area (Å²) in [6, 6.07) is 1.71. The van der Waals surface area contributed by atoms with Crippen LogP contribution >= 0.6 is 0 Å². The fourth-order valence-electron chi connectivity index (χ4n) is 2.01. The molecule has 1 aromatic rings. The van der Waals surface area contributed by atoms with Crippen LogP contribution in [0.3, 0.4) is 0 Å². The quantitative estimate of drug-likeness (QED) is 0.756. The van der Waals surface area contributed by atoms with Gasteiger partial charge < -0.3 is 5.11 Å². The Kier molecular flexibility index (Phi) is 4.72. The number of rotatable bonds is 7. The number of nitrogens with one attached hydrogen (secondary N) is 1. The van der Waals surface area contributed by atoms with Crippen LogP contribution in [0.4, 0.5) is 8.78 Å². The van der Waals surface area contributed by atoms with Crippen LogP contribution in [0.5, 0.6) is 0 Å². The second-order valence-electron chi connectivity index (χ2n) is 4.98. The van der Waals surface area contributed by atoms with Crippen molar-refractivity contribution in [1.29, 1.82) is 0 Å². The summed E-state index contributed by atoms with van der Waals surface area (Å²) in [4.78, 5) is -0.630. The van der Waals surface area contributed by atoms with Gasteiger partial charge in [0.15, 0.2) is 5.82 Å². The molecular formula is C13H17F2NO3S. The number of aliphatic hydroxyl groups is 1. The van der Waals surface area contributed by atoms with Crippen molar-refractivity contribution in [3.8, 4) is 0 Å². The Bertz CT molecular complexity index is 586. The number of sulfonamides is 1. The fraction of sp³-hybridized carbons (Fsp3) is 0.538. The van der Waals surface area contributed by atoms with E-state index < -0.39 is 38.7 Å². The molecule has 1 fully saturated rings. The maximum atomic E-state index is 13.9. The normalized spacial score (nSPS) is 15.6. The number of hydrogen-bond donors (Lipinski definition) is 2. The molecule has 1 aromatic carbocycles.